The van der Waals surface area contributed by atoms with Gasteiger partial charge in [0.05, 0.1) is 12.8 Å². The summed E-state index contributed by atoms with van der Waals surface area (Å²) in [5.74, 6) is 0.829. The number of thiazole rings is 1. The molecule has 0 saturated carbocycles. The van der Waals surface area contributed by atoms with Gasteiger partial charge in [0.2, 0.25) is 0 Å². The van der Waals surface area contributed by atoms with Crippen LogP contribution in [0.5, 0.6) is 5.75 Å². The van der Waals surface area contributed by atoms with E-state index in [1.54, 1.807) is 18.4 Å². The number of nitrogens with one attached hydrogen (secondary N) is 2. The SMILES string of the molecule is COc1cccc(Nc2nc(-c3ccc(N4CCNCC4)cc3)cs2)c1. The van der Waals surface area contributed by atoms with Crippen molar-refractivity contribution in [1.82, 2.24) is 10.3 Å². The molecule has 0 atom stereocenters. The first-order valence-corrected chi connectivity index (χ1v) is 9.62. The van der Waals surface area contributed by atoms with Gasteiger partial charge < -0.3 is 20.3 Å². The van der Waals surface area contributed by atoms with Crippen LogP contribution in [-0.4, -0.2) is 38.3 Å². The molecule has 2 heterocycles. The molecule has 0 aliphatic carbocycles. The third-order valence-electron chi connectivity index (χ3n) is 4.47. The van der Waals surface area contributed by atoms with Crippen LogP contribution < -0.4 is 20.3 Å². The number of ether oxygens (including phenoxy) is 1. The second kappa shape index (κ2) is 7.76. The second-order valence-corrected chi connectivity index (χ2v) is 7.04. The molecule has 0 amide bonds. The molecule has 26 heavy (non-hydrogen) atoms. The summed E-state index contributed by atoms with van der Waals surface area (Å²) in [5.41, 5.74) is 4.38. The molecule has 2 aromatic carbocycles. The Morgan fingerprint density at radius 2 is 1.92 bits per heavy atom. The number of anilines is 3. The van der Waals surface area contributed by atoms with Gasteiger partial charge in [-0.05, 0) is 24.3 Å². The molecule has 134 valence electrons. The number of piperazine rings is 1. The zero-order valence-corrected chi connectivity index (χ0v) is 15.6. The second-order valence-electron chi connectivity index (χ2n) is 6.18. The van der Waals surface area contributed by atoms with E-state index in [-0.39, 0.29) is 0 Å². The summed E-state index contributed by atoms with van der Waals surface area (Å²) < 4.78 is 5.26. The molecule has 6 heteroatoms. The van der Waals surface area contributed by atoms with Crippen LogP contribution in [0.4, 0.5) is 16.5 Å². The Hall–Kier alpha value is -2.57. The van der Waals surface area contributed by atoms with Crippen molar-refractivity contribution in [2.24, 2.45) is 0 Å². The molecule has 1 saturated heterocycles. The number of nitrogens with zero attached hydrogens (tertiary/aromatic N) is 2. The van der Waals surface area contributed by atoms with Gasteiger partial charge in [0, 0.05) is 54.6 Å². The molecule has 3 aromatic rings. The minimum atomic E-state index is 0.829. The largest absolute Gasteiger partial charge is 0.497 e. The maximum Gasteiger partial charge on any atom is 0.187 e. The van der Waals surface area contributed by atoms with Gasteiger partial charge in [0.1, 0.15) is 5.75 Å². The molecule has 0 radical (unpaired) electrons. The molecule has 0 bridgehead atoms. The summed E-state index contributed by atoms with van der Waals surface area (Å²) in [5, 5.41) is 9.69. The van der Waals surface area contributed by atoms with Crippen LogP contribution in [0.3, 0.4) is 0 Å². The predicted octanol–water partition coefficient (Wildman–Crippen LogP) is 3.97. The third-order valence-corrected chi connectivity index (χ3v) is 5.23. The Balaban J connectivity index is 1.47. The zero-order valence-electron chi connectivity index (χ0n) is 14.7. The summed E-state index contributed by atoms with van der Waals surface area (Å²) in [4.78, 5) is 7.13. The van der Waals surface area contributed by atoms with Gasteiger partial charge in [-0.25, -0.2) is 4.98 Å². The van der Waals surface area contributed by atoms with Crippen molar-refractivity contribution in [3.63, 3.8) is 0 Å². The lowest BCUT2D eigenvalue weighted by Gasteiger charge is -2.29. The van der Waals surface area contributed by atoms with E-state index in [0.717, 1.165) is 54.0 Å². The Labute approximate surface area is 157 Å². The van der Waals surface area contributed by atoms with Crippen LogP contribution in [0.1, 0.15) is 0 Å². The lowest BCUT2D eigenvalue weighted by atomic mass is 10.1. The number of hydrogen-bond acceptors (Lipinski definition) is 6. The molecule has 1 fully saturated rings. The lowest BCUT2D eigenvalue weighted by Crippen LogP contribution is -2.43. The minimum absolute atomic E-state index is 0.829. The number of rotatable bonds is 5. The highest BCUT2D eigenvalue weighted by Gasteiger charge is 2.11. The van der Waals surface area contributed by atoms with Crippen molar-refractivity contribution in [3.8, 4) is 17.0 Å². The molecule has 4 rings (SSSR count). The van der Waals surface area contributed by atoms with Crippen molar-refractivity contribution < 1.29 is 4.74 Å². The average molecular weight is 366 g/mol. The Bertz CT molecular complexity index is 856. The lowest BCUT2D eigenvalue weighted by molar-refractivity contribution is 0.415. The predicted molar refractivity (Wildman–Crippen MR) is 109 cm³/mol. The molecule has 1 aliphatic rings. The fraction of sp³-hybridized carbons (Fsp3) is 0.250. The van der Waals surface area contributed by atoms with E-state index in [4.69, 9.17) is 9.72 Å². The first-order valence-electron chi connectivity index (χ1n) is 8.74. The van der Waals surface area contributed by atoms with Gasteiger partial charge in [-0.3, -0.25) is 0 Å². The highest BCUT2D eigenvalue weighted by atomic mass is 32.1. The molecular weight excluding hydrogens is 344 g/mol. The number of hydrogen-bond donors (Lipinski definition) is 2. The number of aromatic nitrogens is 1. The standard InChI is InChI=1S/C20H22N4OS/c1-25-18-4-2-3-16(13-18)22-20-23-19(14-26-20)15-5-7-17(8-6-15)24-11-9-21-10-12-24/h2-8,13-14,21H,9-12H2,1H3,(H,22,23). The van der Waals surface area contributed by atoms with E-state index < -0.39 is 0 Å². The molecule has 1 aliphatic heterocycles. The summed E-state index contributed by atoms with van der Waals surface area (Å²) in [6, 6.07) is 16.5. The average Bonchev–Trinajstić information content (AvgIpc) is 3.17. The van der Waals surface area contributed by atoms with E-state index in [9.17, 15) is 0 Å². The molecule has 5 nitrogen and oxygen atoms in total. The topological polar surface area (TPSA) is 49.4 Å². The minimum Gasteiger partial charge on any atom is -0.497 e. The van der Waals surface area contributed by atoms with Gasteiger partial charge in [-0.2, -0.15) is 0 Å². The van der Waals surface area contributed by atoms with E-state index >= 15 is 0 Å². The van der Waals surface area contributed by atoms with Crippen LogP contribution >= 0.6 is 11.3 Å². The highest BCUT2D eigenvalue weighted by molar-refractivity contribution is 7.14. The molecule has 1 aromatic heterocycles. The zero-order chi connectivity index (χ0) is 17.8. The van der Waals surface area contributed by atoms with Crippen molar-refractivity contribution in [2.75, 3.05) is 43.5 Å². The molecular formula is C20H22N4OS. The molecule has 0 unspecified atom stereocenters. The van der Waals surface area contributed by atoms with E-state index in [1.807, 2.05) is 24.3 Å². The summed E-state index contributed by atoms with van der Waals surface area (Å²) in [6.45, 7) is 4.22. The normalized spacial score (nSPS) is 14.3. The quantitative estimate of drug-likeness (QED) is 0.715. The van der Waals surface area contributed by atoms with Crippen LogP contribution in [0.25, 0.3) is 11.3 Å². The van der Waals surface area contributed by atoms with E-state index in [1.165, 1.54) is 5.69 Å². The van der Waals surface area contributed by atoms with Gasteiger partial charge in [-0.15, -0.1) is 11.3 Å². The Morgan fingerprint density at radius 3 is 2.69 bits per heavy atom. The Kier molecular flexibility index (Phi) is 5.04. The van der Waals surface area contributed by atoms with E-state index in [2.05, 4.69) is 45.2 Å². The van der Waals surface area contributed by atoms with Crippen molar-refractivity contribution >= 4 is 27.8 Å². The van der Waals surface area contributed by atoms with Crippen LogP contribution in [-0.2, 0) is 0 Å². The maximum atomic E-state index is 5.26. The number of benzene rings is 2. The van der Waals surface area contributed by atoms with Crippen LogP contribution in [0.2, 0.25) is 0 Å². The van der Waals surface area contributed by atoms with Gasteiger partial charge in [0.15, 0.2) is 5.13 Å². The van der Waals surface area contributed by atoms with Gasteiger partial charge >= 0.3 is 0 Å². The fourth-order valence-electron chi connectivity index (χ4n) is 3.05. The van der Waals surface area contributed by atoms with E-state index in [0.29, 0.717) is 0 Å². The summed E-state index contributed by atoms with van der Waals surface area (Å²) >= 11 is 1.60. The molecule has 2 N–H and O–H groups in total. The van der Waals surface area contributed by atoms with Gasteiger partial charge in [0.25, 0.3) is 0 Å². The van der Waals surface area contributed by atoms with Gasteiger partial charge in [-0.1, -0.05) is 18.2 Å². The first kappa shape index (κ1) is 16.9. The van der Waals surface area contributed by atoms with Crippen molar-refractivity contribution in [2.45, 2.75) is 0 Å². The third kappa shape index (κ3) is 3.81. The van der Waals surface area contributed by atoms with Crippen molar-refractivity contribution in [3.05, 3.63) is 53.9 Å². The fourth-order valence-corrected chi connectivity index (χ4v) is 3.79. The van der Waals surface area contributed by atoms with Crippen LogP contribution in [0, 0.1) is 0 Å². The highest BCUT2D eigenvalue weighted by Crippen LogP contribution is 2.29. The Morgan fingerprint density at radius 1 is 1.12 bits per heavy atom. The van der Waals surface area contributed by atoms with Crippen LogP contribution in [0.15, 0.2) is 53.9 Å². The monoisotopic (exact) mass is 366 g/mol. The maximum absolute atomic E-state index is 5.26. The number of methoxy groups -OCH3 is 1. The smallest absolute Gasteiger partial charge is 0.187 e. The first-order chi connectivity index (χ1) is 12.8. The van der Waals surface area contributed by atoms with Crippen molar-refractivity contribution in [1.29, 1.82) is 0 Å². The molecule has 0 spiro atoms. The summed E-state index contributed by atoms with van der Waals surface area (Å²) in [6.07, 6.45) is 0. The summed E-state index contributed by atoms with van der Waals surface area (Å²) in [7, 11) is 1.67.